The average molecular weight is 428 g/mol. The number of nitrogens with one attached hydrogen (secondary N) is 1. The van der Waals surface area contributed by atoms with E-state index in [2.05, 4.69) is 9.97 Å². The van der Waals surface area contributed by atoms with Gasteiger partial charge in [-0.15, -0.1) is 0 Å². The predicted octanol–water partition coefficient (Wildman–Crippen LogP) is 3.02. The minimum Gasteiger partial charge on any atom is -0.508 e. The molecule has 0 fully saturated rings. The monoisotopic (exact) mass is 428 g/mol. The Labute approximate surface area is 181 Å². The van der Waals surface area contributed by atoms with Crippen LogP contribution < -0.4 is 5.56 Å². The quantitative estimate of drug-likeness (QED) is 0.358. The van der Waals surface area contributed by atoms with Gasteiger partial charge in [-0.25, -0.2) is 4.98 Å². The van der Waals surface area contributed by atoms with Gasteiger partial charge in [0.05, 0.1) is 0 Å². The van der Waals surface area contributed by atoms with E-state index in [1.165, 1.54) is 72.8 Å². The molecule has 0 saturated heterocycles. The van der Waals surface area contributed by atoms with E-state index in [1.807, 2.05) is 0 Å². The molecule has 0 bridgehead atoms. The number of phenolic OH excluding ortho intramolecular Hbond substituents is 3. The van der Waals surface area contributed by atoms with Gasteiger partial charge in [-0.2, -0.15) is 0 Å². The molecule has 32 heavy (non-hydrogen) atoms. The van der Waals surface area contributed by atoms with Crippen molar-refractivity contribution in [3.8, 4) is 28.5 Å². The molecule has 8 heteroatoms. The smallest absolute Gasteiger partial charge is 0.275 e. The number of aromatic nitrogens is 2. The third-order valence-electron chi connectivity index (χ3n) is 4.76. The molecule has 4 aromatic rings. The van der Waals surface area contributed by atoms with Crippen LogP contribution in [-0.2, 0) is 0 Å². The highest BCUT2D eigenvalue weighted by Crippen LogP contribution is 2.22. The first-order chi connectivity index (χ1) is 15.3. The van der Waals surface area contributed by atoms with Crippen LogP contribution >= 0.6 is 0 Å². The number of aromatic amines is 1. The van der Waals surface area contributed by atoms with E-state index in [1.54, 1.807) is 0 Å². The number of ketones is 2. The summed E-state index contributed by atoms with van der Waals surface area (Å²) in [5, 5.41) is 28.5. The van der Waals surface area contributed by atoms with Crippen molar-refractivity contribution in [3.05, 3.63) is 106 Å². The number of phenols is 3. The van der Waals surface area contributed by atoms with E-state index < -0.39 is 17.1 Å². The molecule has 3 aromatic carbocycles. The second-order valence-electron chi connectivity index (χ2n) is 6.94. The number of carbonyl (C=O) groups excluding carboxylic acids is 2. The topological polar surface area (TPSA) is 141 Å². The van der Waals surface area contributed by atoms with Gasteiger partial charge in [0.2, 0.25) is 11.6 Å². The zero-order valence-electron chi connectivity index (χ0n) is 16.4. The Morgan fingerprint density at radius 2 is 1.09 bits per heavy atom. The lowest BCUT2D eigenvalue weighted by Crippen LogP contribution is -2.23. The van der Waals surface area contributed by atoms with Gasteiger partial charge in [0, 0.05) is 16.7 Å². The van der Waals surface area contributed by atoms with Crippen molar-refractivity contribution in [1.29, 1.82) is 0 Å². The molecule has 0 aliphatic heterocycles. The molecule has 0 saturated carbocycles. The summed E-state index contributed by atoms with van der Waals surface area (Å²) in [5.41, 5.74) is -0.754. The lowest BCUT2D eigenvalue weighted by atomic mass is 10.0. The van der Waals surface area contributed by atoms with E-state index in [0.717, 1.165) is 0 Å². The number of carbonyl (C=O) groups is 2. The van der Waals surface area contributed by atoms with E-state index >= 15 is 0 Å². The zero-order chi connectivity index (χ0) is 22.8. The number of rotatable bonds is 5. The summed E-state index contributed by atoms with van der Waals surface area (Å²) in [6.45, 7) is 0. The highest BCUT2D eigenvalue weighted by atomic mass is 16.3. The largest absolute Gasteiger partial charge is 0.508 e. The van der Waals surface area contributed by atoms with Gasteiger partial charge < -0.3 is 20.3 Å². The van der Waals surface area contributed by atoms with Crippen LogP contribution in [-0.4, -0.2) is 36.9 Å². The van der Waals surface area contributed by atoms with Crippen LogP contribution in [0.4, 0.5) is 0 Å². The van der Waals surface area contributed by atoms with Crippen LogP contribution in [0.25, 0.3) is 11.3 Å². The fraction of sp³-hybridized carbons (Fsp3) is 0. The standard InChI is InChI=1S/C24H16N2O6/c27-16-7-1-13(2-8-16)19-24(32)26-21(23(31)15-5-11-18(29)12-6-15)20(25-19)22(30)14-3-9-17(28)10-4-14/h1-12,27-29H,(H,26,32). The minimum atomic E-state index is -0.694. The minimum absolute atomic E-state index is 0.00954. The molecule has 1 heterocycles. The molecule has 0 atom stereocenters. The van der Waals surface area contributed by atoms with Crippen molar-refractivity contribution in [2.45, 2.75) is 0 Å². The number of hydrogen-bond donors (Lipinski definition) is 4. The first kappa shape index (κ1) is 20.5. The Bertz CT molecular complexity index is 1370. The van der Waals surface area contributed by atoms with E-state index in [9.17, 15) is 29.7 Å². The van der Waals surface area contributed by atoms with E-state index in [-0.39, 0.29) is 45.5 Å². The first-order valence-electron chi connectivity index (χ1n) is 9.44. The molecule has 8 nitrogen and oxygen atoms in total. The van der Waals surface area contributed by atoms with Crippen molar-refractivity contribution in [1.82, 2.24) is 9.97 Å². The Morgan fingerprint density at radius 3 is 1.59 bits per heavy atom. The van der Waals surface area contributed by atoms with Crippen molar-refractivity contribution >= 4 is 11.6 Å². The zero-order valence-corrected chi connectivity index (χ0v) is 16.4. The van der Waals surface area contributed by atoms with Crippen molar-refractivity contribution in [2.75, 3.05) is 0 Å². The maximum atomic E-state index is 13.2. The molecular weight excluding hydrogens is 412 g/mol. The van der Waals surface area contributed by atoms with Crippen LogP contribution in [0.3, 0.4) is 0 Å². The van der Waals surface area contributed by atoms with E-state index in [0.29, 0.717) is 5.56 Å². The highest BCUT2D eigenvalue weighted by Gasteiger charge is 2.25. The number of hydrogen-bond acceptors (Lipinski definition) is 7. The molecule has 4 N–H and O–H groups in total. The molecule has 0 unspecified atom stereocenters. The number of nitrogens with zero attached hydrogens (tertiary/aromatic N) is 1. The van der Waals surface area contributed by atoms with Gasteiger partial charge in [0.25, 0.3) is 5.56 Å². The van der Waals surface area contributed by atoms with Gasteiger partial charge in [-0.05, 0) is 72.8 Å². The number of aromatic hydroxyl groups is 3. The summed E-state index contributed by atoms with van der Waals surface area (Å²) in [7, 11) is 0. The summed E-state index contributed by atoms with van der Waals surface area (Å²) < 4.78 is 0. The van der Waals surface area contributed by atoms with Crippen LogP contribution in [0.15, 0.2) is 77.6 Å². The Kier molecular flexibility index (Phi) is 5.26. The molecular formula is C24H16N2O6. The molecule has 0 aliphatic rings. The third-order valence-corrected chi connectivity index (χ3v) is 4.76. The van der Waals surface area contributed by atoms with Gasteiger partial charge in [0.15, 0.2) is 0 Å². The summed E-state index contributed by atoms with van der Waals surface area (Å²) in [6.07, 6.45) is 0. The Hall–Kier alpha value is -4.72. The molecule has 0 aliphatic carbocycles. The lowest BCUT2D eigenvalue weighted by Gasteiger charge is -2.10. The van der Waals surface area contributed by atoms with Crippen molar-refractivity contribution < 1.29 is 24.9 Å². The Morgan fingerprint density at radius 1 is 0.656 bits per heavy atom. The highest BCUT2D eigenvalue weighted by molar-refractivity contribution is 6.17. The van der Waals surface area contributed by atoms with Crippen LogP contribution in [0.2, 0.25) is 0 Å². The molecule has 0 spiro atoms. The maximum Gasteiger partial charge on any atom is 0.275 e. The summed E-state index contributed by atoms with van der Waals surface area (Å²) in [4.78, 5) is 45.8. The number of H-pyrrole nitrogens is 1. The van der Waals surface area contributed by atoms with Gasteiger partial charge in [-0.1, -0.05) is 0 Å². The van der Waals surface area contributed by atoms with Gasteiger partial charge in [-0.3, -0.25) is 14.4 Å². The van der Waals surface area contributed by atoms with Gasteiger partial charge >= 0.3 is 0 Å². The fourth-order valence-electron chi connectivity index (χ4n) is 3.10. The fourth-order valence-corrected chi connectivity index (χ4v) is 3.10. The molecule has 4 rings (SSSR count). The second-order valence-corrected chi connectivity index (χ2v) is 6.94. The predicted molar refractivity (Wildman–Crippen MR) is 115 cm³/mol. The van der Waals surface area contributed by atoms with Crippen molar-refractivity contribution in [3.63, 3.8) is 0 Å². The van der Waals surface area contributed by atoms with E-state index in [4.69, 9.17) is 0 Å². The van der Waals surface area contributed by atoms with Gasteiger partial charge in [0.1, 0.15) is 34.3 Å². The molecule has 0 radical (unpaired) electrons. The lowest BCUT2D eigenvalue weighted by molar-refractivity contribution is 0.0995. The second kappa shape index (κ2) is 8.19. The van der Waals surface area contributed by atoms with Crippen LogP contribution in [0, 0.1) is 0 Å². The summed E-state index contributed by atoms with van der Waals surface area (Å²) in [6, 6.07) is 16.4. The number of benzene rings is 3. The molecule has 158 valence electrons. The normalized spacial score (nSPS) is 10.6. The average Bonchev–Trinajstić information content (AvgIpc) is 2.80. The summed E-state index contributed by atoms with van der Waals surface area (Å²) >= 11 is 0. The summed E-state index contributed by atoms with van der Waals surface area (Å²) in [5.74, 6) is -1.39. The first-order valence-corrected chi connectivity index (χ1v) is 9.44. The SMILES string of the molecule is O=C(c1ccc(O)cc1)c1nc(-c2ccc(O)cc2)c(=O)[nH]c1C(=O)c1ccc(O)cc1. The molecule has 0 amide bonds. The Balaban J connectivity index is 1.90. The third kappa shape index (κ3) is 3.97. The van der Waals surface area contributed by atoms with Crippen molar-refractivity contribution in [2.24, 2.45) is 0 Å². The van der Waals surface area contributed by atoms with Crippen LogP contribution in [0.5, 0.6) is 17.2 Å². The molecule has 1 aromatic heterocycles. The maximum absolute atomic E-state index is 13.2. The van der Waals surface area contributed by atoms with Crippen LogP contribution in [0.1, 0.15) is 32.1 Å².